The van der Waals surface area contributed by atoms with Crippen LogP contribution in [0.4, 0.5) is 0 Å². The Kier molecular flexibility index (Phi) is 2.57. The normalized spacial score (nSPS) is 13.7. The molecule has 0 spiro atoms. The molecule has 1 aliphatic heterocycles. The highest BCUT2D eigenvalue weighted by molar-refractivity contribution is 6.38. The first kappa shape index (κ1) is 11.6. The summed E-state index contributed by atoms with van der Waals surface area (Å²) in [7, 11) is 0. The SMILES string of the molecule is Clc1c(-c2cccc3c2OCCO3)ccc2cn[nH]c12. The highest BCUT2D eigenvalue weighted by atomic mass is 35.5. The average molecular weight is 287 g/mol. The van der Waals surface area contributed by atoms with Gasteiger partial charge in [0.15, 0.2) is 11.5 Å². The van der Waals surface area contributed by atoms with E-state index in [1.165, 1.54) is 0 Å². The first-order valence-electron chi connectivity index (χ1n) is 6.35. The second-order valence-electron chi connectivity index (χ2n) is 4.59. The van der Waals surface area contributed by atoms with E-state index in [9.17, 15) is 0 Å². The number of para-hydroxylation sites is 1. The van der Waals surface area contributed by atoms with Crippen LogP contribution in [0.25, 0.3) is 22.0 Å². The summed E-state index contributed by atoms with van der Waals surface area (Å²) in [5.74, 6) is 1.51. The molecule has 1 aromatic heterocycles. The topological polar surface area (TPSA) is 47.1 Å². The molecule has 0 radical (unpaired) electrons. The zero-order valence-electron chi connectivity index (χ0n) is 10.5. The average Bonchev–Trinajstić information content (AvgIpc) is 2.97. The number of benzene rings is 2. The predicted molar refractivity (Wildman–Crippen MR) is 77.5 cm³/mol. The Morgan fingerprint density at radius 3 is 2.90 bits per heavy atom. The van der Waals surface area contributed by atoms with Gasteiger partial charge in [-0.25, -0.2) is 0 Å². The molecule has 0 fully saturated rings. The van der Waals surface area contributed by atoms with Crippen LogP contribution in [0, 0.1) is 0 Å². The molecule has 5 heteroatoms. The number of fused-ring (bicyclic) bond motifs is 2. The molecule has 0 atom stereocenters. The van der Waals surface area contributed by atoms with E-state index in [1.54, 1.807) is 6.20 Å². The maximum Gasteiger partial charge on any atom is 0.169 e. The van der Waals surface area contributed by atoms with Crippen LogP contribution < -0.4 is 9.47 Å². The van der Waals surface area contributed by atoms with Crippen molar-refractivity contribution >= 4 is 22.5 Å². The number of nitrogens with one attached hydrogen (secondary N) is 1. The van der Waals surface area contributed by atoms with Crippen molar-refractivity contribution in [1.82, 2.24) is 10.2 Å². The molecule has 0 bridgehead atoms. The van der Waals surface area contributed by atoms with Gasteiger partial charge in [-0.2, -0.15) is 5.10 Å². The summed E-state index contributed by atoms with van der Waals surface area (Å²) >= 11 is 6.49. The van der Waals surface area contributed by atoms with Gasteiger partial charge in [0.05, 0.1) is 16.7 Å². The lowest BCUT2D eigenvalue weighted by molar-refractivity contribution is 0.172. The molecule has 0 amide bonds. The molecule has 3 aromatic rings. The molecule has 0 saturated heterocycles. The number of H-pyrrole nitrogens is 1. The van der Waals surface area contributed by atoms with E-state index in [4.69, 9.17) is 21.1 Å². The Morgan fingerprint density at radius 1 is 1.05 bits per heavy atom. The van der Waals surface area contributed by atoms with Gasteiger partial charge >= 0.3 is 0 Å². The Bertz CT molecular complexity index is 798. The minimum absolute atomic E-state index is 0.550. The van der Waals surface area contributed by atoms with Gasteiger partial charge in [-0.15, -0.1) is 0 Å². The van der Waals surface area contributed by atoms with Gasteiger partial charge in [0.25, 0.3) is 0 Å². The molecule has 20 heavy (non-hydrogen) atoms. The molecule has 4 nitrogen and oxygen atoms in total. The smallest absolute Gasteiger partial charge is 0.169 e. The van der Waals surface area contributed by atoms with Crippen molar-refractivity contribution < 1.29 is 9.47 Å². The van der Waals surface area contributed by atoms with Gasteiger partial charge in [0, 0.05) is 16.5 Å². The number of nitrogens with zero attached hydrogens (tertiary/aromatic N) is 1. The maximum atomic E-state index is 6.49. The largest absolute Gasteiger partial charge is 0.486 e. The third-order valence-corrected chi connectivity index (χ3v) is 3.80. The third kappa shape index (κ3) is 1.65. The van der Waals surface area contributed by atoms with Crippen LogP contribution in [0.2, 0.25) is 5.02 Å². The molecular formula is C15H11ClN2O2. The van der Waals surface area contributed by atoms with Crippen molar-refractivity contribution in [3.05, 3.63) is 41.6 Å². The summed E-state index contributed by atoms with van der Waals surface area (Å²) in [6.45, 7) is 1.12. The Labute approximate surface area is 120 Å². The standard InChI is InChI=1S/C15H11ClN2O2/c16-13-10(5-4-9-8-17-18-14(9)13)11-2-1-3-12-15(11)20-7-6-19-12/h1-5,8H,6-7H2,(H,17,18). The highest BCUT2D eigenvalue weighted by Crippen LogP contribution is 2.43. The van der Waals surface area contributed by atoms with Crippen LogP contribution >= 0.6 is 11.6 Å². The molecule has 2 aromatic carbocycles. The van der Waals surface area contributed by atoms with Crippen LogP contribution in [-0.2, 0) is 0 Å². The van der Waals surface area contributed by atoms with Crippen LogP contribution in [0.5, 0.6) is 11.5 Å². The Balaban J connectivity index is 1.97. The van der Waals surface area contributed by atoms with E-state index >= 15 is 0 Å². The van der Waals surface area contributed by atoms with Crippen molar-refractivity contribution in [2.45, 2.75) is 0 Å². The molecule has 100 valence electrons. The third-order valence-electron chi connectivity index (χ3n) is 3.41. The number of ether oxygens (including phenoxy) is 2. The van der Waals surface area contributed by atoms with E-state index in [-0.39, 0.29) is 0 Å². The lowest BCUT2D eigenvalue weighted by atomic mass is 10.0. The summed E-state index contributed by atoms with van der Waals surface area (Å²) in [5, 5.41) is 8.57. The fourth-order valence-corrected chi connectivity index (χ4v) is 2.79. The van der Waals surface area contributed by atoms with E-state index < -0.39 is 0 Å². The number of aromatic nitrogens is 2. The molecule has 1 N–H and O–H groups in total. The minimum atomic E-state index is 0.550. The summed E-state index contributed by atoms with van der Waals surface area (Å²) < 4.78 is 11.4. The lowest BCUT2D eigenvalue weighted by Gasteiger charge is -2.21. The van der Waals surface area contributed by atoms with Crippen molar-refractivity contribution in [2.75, 3.05) is 13.2 Å². The molecule has 0 saturated carbocycles. The van der Waals surface area contributed by atoms with Gasteiger partial charge in [-0.1, -0.05) is 35.9 Å². The van der Waals surface area contributed by atoms with Crippen LogP contribution in [0.1, 0.15) is 0 Å². The summed E-state index contributed by atoms with van der Waals surface area (Å²) in [6, 6.07) is 9.80. The predicted octanol–water partition coefficient (Wildman–Crippen LogP) is 3.65. The summed E-state index contributed by atoms with van der Waals surface area (Å²) in [6.07, 6.45) is 1.76. The fourth-order valence-electron chi connectivity index (χ4n) is 2.47. The number of rotatable bonds is 1. The van der Waals surface area contributed by atoms with Gasteiger partial charge in [0.1, 0.15) is 13.2 Å². The second-order valence-corrected chi connectivity index (χ2v) is 4.97. The molecular weight excluding hydrogens is 276 g/mol. The zero-order valence-corrected chi connectivity index (χ0v) is 11.3. The van der Waals surface area contributed by atoms with E-state index in [0.717, 1.165) is 33.5 Å². The van der Waals surface area contributed by atoms with Gasteiger partial charge < -0.3 is 9.47 Å². The maximum absolute atomic E-state index is 6.49. The molecule has 0 aliphatic carbocycles. The van der Waals surface area contributed by atoms with Crippen molar-refractivity contribution in [3.8, 4) is 22.6 Å². The van der Waals surface area contributed by atoms with E-state index in [1.807, 2.05) is 30.3 Å². The number of hydrogen-bond donors (Lipinski definition) is 1. The molecule has 1 aliphatic rings. The number of aromatic amines is 1. The van der Waals surface area contributed by atoms with E-state index in [2.05, 4.69) is 10.2 Å². The Hall–Kier alpha value is -2.20. The number of halogens is 1. The van der Waals surface area contributed by atoms with Crippen molar-refractivity contribution in [3.63, 3.8) is 0 Å². The minimum Gasteiger partial charge on any atom is -0.486 e. The van der Waals surface area contributed by atoms with Gasteiger partial charge in [-0.3, -0.25) is 5.10 Å². The molecule has 0 unspecified atom stereocenters. The van der Waals surface area contributed by atoms with Crippen LogP contribution in [0.15, 0.2) is 36.5 Å². The van der Waals surface area contributed by atoms with Crippen molar-refractivity contribution in [2.24, 2.45) is 0 Å². The molecule has 4 rings (SSSR count). The fraction of sp³-hybridized carbons (Fsp3) is 0.133. The van der Waals surface area contributed by atoms with Gasteiger partial charge in [-0.05, 0) is 6.07 Å². The van der Waals surface area contributed by atoms with Crippen LogP contribution in [0.3, 0.4) is 0 Å². The van der Waals surface area contributed by atoms with Gasteiger partial charge in [0.2, 0.25) is 0 Å². The zero-order chi connectivity index (χ0) is 13.5. The number of hydrogen-bond acceptors (Lipinski definition) is 3. The van der Waals surface area contributed by atoms with E-state index in [0.29, 0.717) is 18.2 Å². The molecule has 2 heterocycles. The summed E-state index contributed by atoms with van der Waals surface area (Å²) in [5.41, 5.74) is 2.67. The summed E-state index contributed by atoms with van der Waals surface area (Å²) in [4.78, 5) is 0. The van der Waals surface area contributed by atoms with Crippen molar-refractivity contribution in [1.29, 1.82) is 0 Å². The quantitative estimate of drug-likeness (QED) is 0.743. The van der Waals surface area contributed by atoms with Crippen LogP contribution in [-0.4, -0.2) is 23.4 Å². The Morgan fingerprint density at radius 2 is 1.95 bits per heavy atom. The monoisotopic (exact) mass is 286 g/mol. The lowest BCUT2D eigenvalue weighted by Crippen LogP contribution is -2.15. The highest BCUT2D eigenvalue weighted by Gasteiger charge is 2.19. The first-order valence-corrected chi connectivity index (χ1v) is 6.73. The second kappa shape index (κ2) is 4.42. The first-order chi connectivity index (χ1) is 9.84.